The molecule has 0 N–H and O–H groups in total. The van der Waals surface area contributed by atoms with Gasteiger partial charge in [-0.3, -0.25) is 9.36 Å². The van der Waals surface area contributed by atoms with Gasteiger partial charge in [0.15, 0.2) is 16.3 Å². The maximum Gasteiger partial charge on any atom is 0.338 e. The van der Waals surface area contributed by atoms with E-state index in [2.05, 4.69) is 11.6 Å². The Kier molecular flexibility index (Phi) is 8.48. The third-order valence-electron chi connectivity index (χ3n) is 5.88. The van der Waals surface area contributed by atoms with Gasteiger partial charge in [-0.25, -0.2) is 9.79 Å². The SMILES string of the molecule is C=CCOc1ccc(C2C(C(=O)OCC)=C(C)N=c3s/c(=C\c4ccccc4OC)c(=O)n32)cc1OCC. The minimum absolute atomic E-state index is 0.194. The van der Waals surface area contributed by atoms with Crippen LogP contribution in [0.4, 0.5) is 0 Å². The number of nitrogens with zero attached hydrogens (tertiary/aromatic N) is 2. The van der Waals surface area contributed by atoms with Gasteiger partial charge in [0.2, 0.25) is 0 Å². The number of carbonyl (C=O) groups is 1. The van der Waals surface area contributed by atoms with Gasteiger partial charge in [-0.05, 0) is 50.6 Å². The smallest absolute Gasteiger partial charge is 0.338 e. The highest BCUT2D eigenvalue weighted by atomic mass is 32.1. The van der Waals surface area contributed by atoms with Crippen molar-refractivity contribution in [3.63, 3.8) is 0 Å². The Balaban J connectivity index is 1.95. The molecule has 2 aromatic carbocycles. The molecule has 38 heavy (non-hydrogen) atoms. The Hall–Kier alpha value is -4.11. The molecule has 3 aromatic rings. The van der Waals surface area contributed by atoms with E-state index in [-0.39, 0.29) is 12.2 Å². The number of rotatable bonds is 10. The molecule has 0 amide bonds. The monoisotopic (exact) mass is 534 g/mol. The third-order valence-corrected chi connectivity index (χ3v) is 6.87. The molecule has 0 fully saturated rings. The molecule has 198 valence electrons. The second kappa shape index (κ2) is 12.0. The molecule has 4 rings (SSSR count). The lowest BCUT2D eigenvalue weighted by atomic mass is 9.95. The van der Waals surface area contributed by atoms with Crippen molar-refractivity contribution in [2.24, 2.45) is 4.99 Å². The summed E-state index contributed by atoms with van der Waals surface area (Å²) in [7, 11) is 1.58. The number of allylic oxidation sites excluding steroid dienone is 1. The van der Waals surface area contributed by atoms with E-state index >= 15 is 0 Å². The zero-order valence-electron chi connectivity index (χ0n) is 21.9. The first-order valence-electron chi connectivity index (χ1n) is 12.3. The lowest BCUT2D eigenvalue weighted by molar-refractivity contribution is -0.139. The van der Waals surface area contributed by atoms with Gasteiger partial charge >= 0.3 is 5.97 Å². The first-order valence-corrected chi connectivity index (χ1v) is 13.1. The van der Waals surface area contributed by atoms with E-state index < -0.39 is 12.0 Å². The molecule has 0 saturated heterocycles. The summed E-state index contributed by atoms with van der Waals surface area (Å²) in [6.07, 6.45) is 3.43. The number of benzene rings is 2. The van der Waals surface area contributed by atoms with E-state index in [1.54, 1.807) is 49.8 Å². The number of para-hydroxylation sites is 1. The zero-order chi connectivity index (χ0) is 27.2. The van der Waals surface area contributed by atoms with Gasteiger partial charge in [-0.1, -0.05) is 48.3 Å². The van der Waals surface area contributed by atoms with Gasteiger partial charge < -0.3 is 18.9 Å². The van der Waals surface area contributed by atoms with Crippen LogP contribution in [0.25, 0.3) is 6.08 Å². The molecule has 9 heteroatoms. The van der Waals surface area contributed by atoms with Crippen LogP contribution in [0.3, 0.4) is 0 Å². The number of aromatic nitrogens is 1. The molecule has 1 aliphatic rings. The Bertz CT molecular complexity index is 1570. The molecular weight excluding hydrogens is 504 g/mol. The Morgan fingerprint density at radius 2 is 1.89 bits per heavy atom. The van der Waals surface area contributed by atoms with E-state index in [0.717, 1.165) is 5.56 Å². The Labute approximate surface area is 224 Å². The fraction of sp³-hybridized carbons (Fsp3) is 0.276. The van der Waals surface area contributed by atoms with Crippen molar-refractivity contribution >= 4 is 23.4 Å². The molecular formula is C29H30N2O6S. The maximum absolute atomic E-state index is 13.9. The highest BCUT2D eigenvalue weighted by molar-refractivity contribution is 7.07. The summed E-state index contributed by atoms with van der Waals surface area (Å²) in [6.45, 7) is 9.98. The average Bonchev–Trinajstić information content (AvgIpc) is 3.21. The molecule has 1 unspecified atom stereocenters. The van der Waals surface area contributed by atoms with Crippen molar-refractivity contribution < 1.29 is 23.7 Å². The van der Waals surface area contributed by atoms with Gasteiger partial charge in [0.25, 0.3) is 5.56 Å². The Morgan fingerprint density at radius 3 is 2.61 bits per heavy atom. The summed E-state index contributed by atoms with van der Waals surface area (Å²) < 4.78 is 24.4. The number of thiazole rings is 1. The van der Waals surface area contributed by atoms with Crippen LogP contribution in [0.1, 0.15) is 37.9 Å². The molecule has 8 nitrogen and oxygen atoms in total. The molecule has 0 saturated carbocycles. The number of carbonyl (C=O) groups excluding carboxylic acids is 1. The van der Waals surface area contributed by atoms with Gasteiger partial charge in [-0.15, -0.1) is 0 Å². The number of hydrogen-bond donors (Lipinski definition) is 0. The summed E-state index contributed by atoms with van der Waals surface area (Å²) >= 11 is 1.25. The van der Waals surface area contributed by atoms with Crippen LogP contribution in [0.5, 0.6) is 17.2 Å². The predicted octanol–water partition coefficient (Wildman–Crippen LogP) is 3.77. The topological polar surface area (TPSA) is 88.4 Å². The quantitative estimate of drug-likeness (QED) is 0.291. The lowest BCUT2D eigenvalue weighted by Crippen LogP contribution is -2.40. The third kappa shape index (κ3) is 5.28. The van der Waals surface area contributed by atoms with E-state index in [4.69, 9.17) is 18.9 Å². The average molecular weight is 535 g/mol. The van der Waals surface area contributed by atoms with Crippen LogP contribution in [0, 0.1) is 0 Å². The van der Waals surface area contributed by atoms with E-state index in [9.17, 15) is 9.59 Å². The standard InChI is InChI=1S/C29H30N2O6S/c1-6-15-37-22-14-13-20(16-23(22)35-7-2)26-25(28(33)36-8-3)18(4)30-29-31(26)27(32)24(38-29)17-19-11-9-10-12-21(19)34-5/h6,9-14,16-17,26H,1,7-8,15H2,2-5H3/b24-17-. The van der Waals surface area contributed by atoms with Crippen molar-refractivity contribution in [1.82, 2.24) is 4.57 Å². The Morgan fingerprint density at radius 1 is 1.11 bits per heavy atom. The zero-order valence-corrected chi connectivity index (χ0v) is 22.7. The highest BCUT2D eigenvalue weighted by Gasteiger charge is 2.34. The number of fused-ring (bicyclic) bond motifs is 1. The molecule has 1 atom stereocenters. The van der Waals surface area contributed by atoms with E-state index in [1.165, 1.54) is 11.3 Å². The van der Waals surface area contributed by atoms with Crippen molar-refractivity contribution in [1.29, 1.82) is 0 Å². The van der Waals surface area contributed by atoms with Crippen LogP contribution in [-0.2, 0) is 9.53 Å². The summed E-state index contributed by atoms with van der Waals surface area (Å²) in [5, 5.41) is 0. The largest absolute Gasteiger partial charge is 0.496 e. The number of hydrogen-bond acceptors (Lipinski definition) is 8. The number of methoxy groups -OCH3 is 1. The predicted molar refractivity (Wildman–Crippen MR) is 147 cm³/mol. The van der Waals surface area contributed by atoms with Crippen LogP contribution < -0.4 is 29.1 Å². The molecule has 0 spiro atoms. The molecule has 2 heterocycles. The lowest BCUT2D eigenvalue weighted by Gasteiger charge is -2.25. The minimum Gasteiger partial charge on any atom is -0.496 e. The minimum atomic E-state index is -0.766. The first-order chi connectivity index (χ1) is 18.4. The maximum atomic E-state index is 13.9. The molecule has 1 aliphatic heterocycles. The summed E-state index contributed by atoms with van der Waals surface area (Å²) in [6, 6.07) is 12.1. The summed E-state index contributed by atoms with van der Waals surface area (Å²) in [4.78, 5) is 32.1. The van der Waals surface area contributed by atoms with E-state index in [1.807, 2.05) is 37.3 Å². The van der Waals surface area contributed by atoms with Gasteiger partial charge in [-0.2, -0.15) is 0 Å². The normalized spacial score (nSPS) is 14.9. The fourth-order valence-corrected chi connectivity index (χ4v) is 5.30. The molecule has 0 bridgehead atoms. The van der Waals surface area contributed by atoms with Crippen molar-refractivity contribution in [2.75, 3.05) is 26.9 Å². The highest BCUT2D eigenvalue weighted by Crippen LogP contribution is 2.36. The van der Waals surface area contributed by atoms with Crippen LogP contribution in [-0.4, -0.2) is 37.5 Å². The fourth-order valence-electron chi connectivity index (χ4n) is 4.26. The van der Waals surface area contributed by atoms with Crippen LogP contribution in [0.2, 0.25) is 0 Å². The second-order valence-electron chi connectivity index (χ2n) is 8.28. The summed E-state index contributed by atoms with van der Waals surface area (Å²) in [5.74, 6) is 1.16. The first kappa shape index (κ1) is 26.9. The van der Waals surface area contributed by atoms with Gasteiger partial charge in [0.1, 0.15) is 12.4 Å². The number of esters is 1. The van der Waals surface area contributed by atoms with Crippen LogP contribution >= 0.6 is 11.3 Å². The van der Waals surface area contributed by atoms with Crippen molar-refractivity contribution in [3.8, 4) is 17.2 Å². The summed E-state index contributed by atoms with van der Waals surface area (Å²) in [5.41, 5.74) is 1.94. The van der Waals surface area contributed by atoms with Gasteiger partial charge in [0.05, 0.1) is 42.2 Å². The molecule has 0 aliphatic carbocycles. The van der Waals surface area contributed by atoms with Crippen molar-refractivity contribution in [2.45, 2.75) is 26.8 Å². The van der Waals surface area contributed by atoms with Gasteiger partial charge in [0, 0.05) is 5.56 Å². The van der Waals surface area contributed by atoms with Crippen molar-refractivity contribution in [3.05, 3.63) is 97.2 Å². The molecule has 1 aromatic heterocycles. The second-order valence-corrected chi connectivity index (χ2v) is 9.29. The van der Waals surface area contributed by atoms with Crippen LogP contribution in [0.15, 0.2) is 76.2 Å². The number of ether oxygens (including phenoxy) is 4. The van der Waals surface area contributed by atoms with E-state index in [0.29, 0.717) is 56.6 Å². The molecule has 0 radical (unpaired) electrons.